The van der Waals surface area contributed by atoms with Gasteiger partial charge in [-0.1, -0.05) is 6.07 Å². The van der Waals surface area contributed by atoms with Crippen LogP contribution < -0.4 is 5.32 Å². The van der Waals surface area contributed by atoms with Crippen LogP contribution in [0.25, 0.3) is 22.6 Å². The lowest BCUT2D eigenvalue weighted by Gasteiger charge is -2.20. The lowest BCUT2D eigenvalue weighted by atomic mass is 10.1. The molecule has 32 heavy (non-hydrogen) atoms. The number of imidazole rings is 1. The summed E-state index contributed by atoms with van der Waals surface area (Å²) in [5.41, 5.74) is 1.89. The van der Waals surface area contributed by atoms with E-state index in [1.807, 2.05) is 12.1 Å². The average Bonchev–Trinajstić information content (AvgIpc) is 3.23. The largest absolute Gasteiger partial charge is 0.408 e. The van der Waals surface area contributed by atoms with Crippen molar-refractivity contribution in [3.05, 3.63) is 78.8 Å². The summed E-state index contributed by atoms with van der Waals surface area (Å²) in [6.45, 7) is 1.38. The number of benzene rings is 1. The summed E-state index contributed by atoms with van der Waals surface area (Å²) in [5.74, 6) is -0.230. The third-order valence-corrected chi connectivity index (χ3v) is 4.85. The highest BCUT2D eigenvalue weighted by Crippen LogP contribution is 2.37. The van der Waals surface area contributed by atoms with E-state index >= 15 is 0 Å². The van der Waals surface area contributed by atoms with E-state index in [9.17, 15) is 17.6 Å². The Morgan fingerprint density at radius 1 is 0.969 bits per heavy atom. The van der Waals surface area contributed by atoms with Gasteiger partial charge in [0.1, 0.15) is 11.9 Å². The van der Waals surface area contributed by atoms with Crippen molar-refractivity contribution < 1.29 is 17.6 Å². The fraction of sp³-hybridized carbons (Fsp3) is 0.182. The van der Waals surface area contributed by atoms with Crippen LogP contribution in [0.4, 0.5) is 23.5 Å². The molecule has 0 aliphatic heterocycles. The average molecular weight is 442 g/mol. The zero-order valence-corrected chi connectivity index (χ0v) is 16.9. The van der Waals surface area contributed by atoms with Crippen LogP contribution >= 0.6 is 0 Å². The highest BCUT2D eigenvalue weighted by molar-refractivity contribution is 5.77. The zero-order valence-electron chi connectivity index (χ0n) is 16.9. The van der Waals surface area contributed by atoms with Crippen LogP contribution in [-0.2, 0) is 6.54 Å². The van der Waals surface area contributed by atoms with Crippen molar-refractivity contribution >= 4 is 5.95 Å². The van der Waals surface area contributed by atoms with E-state index in [0.717, 1.165) is 23.5 Å². The first-order chi connectivity index (χ1) is 15.3. The van der Waals surface area contributed by atoms with E-state index < -0.39 is 18.0 Å². The maximum Gasteiger partial charge on any atom is 0.408 e. The predicted octanol–water partition coefficient (Wildman–Crippen LogP) is 5.28. The first-order valence-corrected chi connectivity index (χ1v) is 9.69. The molecule has 164 valence electrons. The first kappa shape index (κ1) is 21.4. The molecule has 1 unspecified atom stereocenters. The fourth-order valence-electron chi connectivity index (χ4n) is 3.13. The smallest absolute Gasteiger partial charge is 0.349 e. The monoisotopic (exact) mass is 442 g/mol. The van der Waals surface area contributed by atoms with Crippen molar-refractivity contribution in [1.29, 1.82) is 0 Å². The molecule has 6 nitrogen and oxygen atoms in total. The lowest BCUT2D eigenvalue weighted by Crippen LogP contribution is -2.24. The molecule has 4 aromatic rings. The van der Waals surface area contributed by atoms with Gasteiger partial charge in [0, 0.05) is 18.0 Å². The Balaban J connectivity index is 1.75. The topological polar surface area (TPSA) is 68.5 Å². The van der Waals surface area contributed by atoms with E-state index in [1.54, 1.807) is 12.3 Å². The maximum atomic E-state index is 13.5. The van der Waals surface area contributed by atoms with Crippen LogP contribution in [0.15, 0.2) is 67.3 Å². The Morgan fingerprint density at radius 3 is 2.44 bits per heavy atom. The molecule has 0 bridgehead atoms. The van der Waals surface area contributed by atoms with Crippen molar-refractivity contribution in [3.63, 3.8) is 0 Å². The molecule has 0 aliphatic rings. The molecule has 0 fully saturated rings. The number of hydrogen-bond donors (Lipinski definition) is 1. The number of pyridine rings is 1. The molecular formula is C22H18F4N6. The molecule has 0 radical (unpaired) electrons. The van der Waals surface area contributed by atoms with Gasteiger partial charge in [-0.3, -0.25) is 4.98 Å². The number of alkyl halides is 3. The first-order valence-electron chi connectivity index (χ1n) is 9.69. The number of rotatable bonds is 6. The molecule has 1 aromatic carbocycles. The molecular weight excluding hydrogens is 424 g/mol. The van der Waals surface area contributed by atoms with E-state index in [-0.39, 0.29) is 23.0 Å². The number of anilines is 1. The van der Waals surface area contributed by atoms with Crippen molar-refractivity contribution in [2.75, 3.05) is 5.32 Å². The number of aromatic nitrogens is 5. The fourth-order valence-corrected chi connectivity index (χ4v) is 3.13. The van der Waals surface area contributed by atoms with Gasteiger partial charge in [0.05, 0.1) is 35.6 Å². The highest BCUT2D eigenvalue weighted by Gasteiger charge is 2.39. The van der Waals surface area contributed by atoms with Crippen LogP contribution in [0.1, 0.15) is 18.7 Å². The van der Waals surface area contributed by atoms with Crippen molar-refractivity contribution in [1.82, 2.24) is 24.5 Å². The van der Waals surface area contributed by atoms with Crippen molar-refractivity contribution in [2.45, 2.75) is 25.7 Å². The second kappa shape index (κ2) is 8.74. The van der Waals surface area contributed by atoms with E-state index in [0.29, 0.717) is 12.1 Å². The van der Waals surface area contributed by atoms with Crippen LogP contribution in [0.5, 0.6) is 0 Å². The normalized spacial score (nSPS) is 12.5. The Morgan fingerprint density at radius 2 is 1.75 bits per heavy atom. The molecule has 10 heteroatoms. The second-order valence-electron chi connectivity index (χ2n) is 7.01. The van der Waals surface area contributed by atoms with Gasteiger partial charge in [-0.2, -0.15) is 13.2 Å². The predicted molar refractivity (Wildman–Crippen MR) is 111 cm³/mol. The summed E-state index contributed by atoms with van der Waals surface area (Å²) in [6.07, 6.45) is -0.272. The quantitative estimate of drug-likeness (QED) is 0.412. The Kier molecular flexibility index (Phi) is 5.85. The van der Waals surface area contributed by atoms with Gasteiger partial charge in [0.25, 0.3) is 0 Å². The van der Waals surface area contributed by atoms with Crippen LogP contribution in [0.3, 0.4) is 0 Å². The van der Waals surface area contributed by atoms with Gasteiger partial charge in [0.15, 0.2) is 0 Å². The Labute approximate surface area is 181 Å². The van der Waals surface area contributed by atoms with E-state index in [2.05, 4.69) is 25.3 Å². The van der Waals surface area contributed by atoms with E-state index in [4.69, 9.17) is 0 Å². The number of halogens is 4. The molecule has 1 atom stereocenters. The molecule has 3 aromatic heterocycles. The third kappa shape index (κ3) is 4.58. The summed E-state index contributed by atoms with van der Waals surface area (Å²) in [7, 11) is 0. The SMILES string of the molecule is CC(n1cnc(-c2ccc(F)cc2)c1-c1ccnc(NCc2ccccn2)n1)C(F)(F)F. The van der Waals surface area contributed by atoms with E-state index in [1.165, 1.54) is 36.5 Å². The summed E-state index contributed by atoms with van der Waals surface area (Å²) >= 11 is 0. The molecule has 1 N–H and O–H groups in total. The standard InChI is InChI=1S/C22H18F4N6/c1-14(22(24,25)26)32-13-30-19(15-5-7-16(23)8-6-15)20(32)18-9-11-28-21(31-18)29-12-17-4-2-3-10-27-17/h2-11,13-14H,12H2,1H3,(H,28,29,31). The molecule has 0 amide bonds. The van der Waals surface area contributed by atoms with Crippen LogP contribution in [-0.4, -0.2) is 30.7 Å². The molecule has 4 rings (SSSR count). The number of hydrogen-bond acceptors (Lipinski definition) is 5. The highest BCUT2D eigenvalue weighted by atomic mass is 19.4. The summed E-state index contributed by atoms with van der Waals surface area (Å²) in [5, 5.41) is 3.02. The number of nitrogens with zero attached hydrogens (tertiary/aromatic N) is 5. The molecule has 3 heterocycles. The molecule has 0 spiro atoms. The second-order valence-corrected chi connectivity index (χ2v) is 7.01. The summed E-state index contributed by atoms with van der Waals surface area (Å²) in [6, 6.07) is 10.5. The van der Waals surface area contributed by atoms with Gasteiger partial charge in [0.2, 0.25) is 5.95 Å². The van der Waals surface area contributed by atoms with Crippen molar-refractivity contribution in [3.8, 4) is 22.6 Å². The van der Waals surface area contributed by atoms with Gasteiger partial charge >= 0.3 is 6.18 Å². The maximum absolute atomic E-state index is 13.5. The Bertz CT molecular complexity index is 1190. The van der Waals surface area contributed by atoms with Crippen molar-refractivity contribution in [2.24, 2.45) is 0 Å². The minimum Gasteiger partial charge on any atom is -0.349 e. The Hall–Kier alpha value is -3.82. The molecule has 0 saturated heterocycles. The minimum atomic E-state index is -4.50. The van der Waals surface area contributed by atoms with Crippen LogP contribution in [0, 0.1) is 5.82 Å². The summed E-state index contributed by atoms with van der Waals surface area (Å²) in [4.78, 5) is 17.0. The minimum absolute atomic E-state index is 0.157. The zero-order chi connectivity index (χ0) is 22.7. The van der Waals surface area contributed by atoms with Crippen LogP contribution in [0.2, 0.25) is 0 Å². The van der Waals surface area contributed by atoms with Gasteiger partial charge in [-0.05, 0) is 49.4 Å². The van der Waals surface area contributed by atoms with Gasteiger partial charge < -0.3 is 9.88 Å². The summed E-state index contributed by atoms with van der Waals surface area (Å²) < 4.78 is 55.0. The number of nitrogens with one attached hydrogen (secondary N) is 1. The third-order valence-electron chi connectivity index (χ3n) is 4.85. The molecule has 0 saturated carbocycles. The van der Waals surface area contributed by atoms with Gasteiger partial charge in [-0.15, -0.1) is 0 Å². The van der Waals surface area contributed by atoms with Gasteiger partial charge in [-0.25, -0.2) is 19.3 Å². The molecule has 0 aliphatic carbocycles. The lowest BCUT2D eigenvalue weighted by molar-refractivity contribution is -0.162.